The molecule has 0 aliphatic rings. The average Bonchev–Trinajstić information content (AvgIpc) is 2.67. The van der Waals surface area contributed by atoms with Crippen molar-refractivity contribution in [2.24, 2.45) is 0 Å². The summed E-state index contributed by atoms with van der Waals surface area (Å²) >= 11 is 0. The number of hydrogen-bond donors (Lipinski definition) is 2. The van der Waals surface area contributed by atoms with E-state index < -0.39 is 23.9 Å². The highest BCUT2D eigenvalue weighted by molar-refractivity contribution is 5.97. The molecule has 0 radical (unpaired) electrons. The minimum atomic E-state index is -1.00. The summed E-state index contributed by atoms with van der Waals surface area (Å²) in [5.41, 5.74) is 0.988. The lowest BCUT2D eigenvalue weighted by molar-refractivity contribution is -0.152. The normalized spacial score (nSPS) is 11.2. The number of nitrogens with one attached hydrogen (secondary N) is 2. The third-order valence-electron chi connectivity index (χ3n) is 3.46. The van der Waals surface area contributed by atoms with Gasteiger partial charge in [-0.3, -0.25) is 14.4 Å². The second-order valence-electron chi connectivity index (χ2n) is 5.40. The molecule has 2 N–H and O–H groups in total. The van der Waals surface area contributed by atoms with Crippen LogP contribution in [0.5, 0.6) is 5.75 Å². The van der Waals surface area contributed by atoms with E-state index in [4.69, 9.17) is 9.47 Å². The zero-order valence-corrected chi connectivity index (χ0v) is 14.5. The van der Waals surface area contributed by atoms with Gasteiger partial charge in [-0.25, -0.2) is 0 Å². The van der Waals surface area contributed by atoms with Crippen LogP contribution in [-0.4, -0.2) is 37.5 Å². The van der Waals surface area contributed by atoms with Crippen molar-refractivity contribution in [3.05, 3.63) is 60.2 Å². The molecule has 7 nitrogen and oxygen atoms in total. The number of carbonyl (C=O) groups is 3. The Labute approximate surface area is 151 Å². The molecule has 0 fully saturated rings. The van der Waals surface area contributed by atoms with Crippen LogP contribution >= 0.6 is 0 Å². The predicted octanol–water partition coefficient (Wildman–Crippen LogP) is 2.00. The Bertz CT molecular complexity index is 759. The summed E-state index contributed by atoms with van der Waals surface area (Å²) in [7, 11) is 1.55. The van der Waals surface area contributed by atoms with Gasteiger partial charge in [-0.1, -0.05) is 18.2 Å². The van der Waals surface area contributed by atoms with E-state index in [1.54, 1.807) is 61.7 Å². The second kappa shape index (κ2) is 9.22. The van der Waals surface area contributed by atoms with E-state index in [1.165, 1.54) is 6.92 Å². The Morgan fingerprint density at radius 2 is 1.65 bits per heavy atom. The van der Waals surface area contributed by atoms with Gasteiger partial charge in [0.05, 0.1) is 7.11 Å². The lowest BCUT2D eigenvalue weighted by atomic mass is 10.2. The van der Waals surface area contributed by atoms with E-state index in [1.807, 2.05) is 0 Å². The summed E-state index contributed by atoms with van der Waals surface area (Å²) < 4.78 is 10.1. The first-order valence-electron chi connectivity index (χ1n) is 7.97. The third kappa shape index (κ3) is 5.62. The van der Waals surface area contributed by atoms with Gasteiger partial charge in [0.1, 0.15) is 12.3 Å². The van der Waals surface area contributed by atoms with Gasteiger partial charge >= 0.3 is 5.97 Å². The van der Waals surface area contributed by atoms with Gasteiger partial charge in [0.15, 0.2) is 6.10 Å². The van der Waals surface area contributed by atoms with Crippen LogP contribution in [0.2, 0.25) is 0 Å². The molecule has 1 atom stereocenters. The number of methoxy groups -OCH3 is 1. The predicted molar refractivity (Wildman–Crippen MR) is 96.0 cm³/mol. The molecule has 0 unspecified atom stereocenters. The molecule has 26 heavy (non-hydrogen) atoms. The number of rotatable bonds is 7. The van der Waals surface area contributed by atoms with E-state index in [2.05, 4.69) is 10.6 Å². The Morgan fingerprint density at radius 1 is 1.00 bits per heavy atom. The van der Waals surface area contributed by atoms with E-state index in [-0.39, 0.29) is 6.54 Å². The summed E-state index contributed by atoms with van der Waals surface area (Å²) in [5.74, 6) is -0.904. The summed E-state index contributed by atoms with van der Waals surface area (Å²) in [4.78, 5) is 35.7. The molecular weight excluding hydrogens is 336 g/mol. The maximum atomic E-state index is 12.1. The SMILES string of the molecule is COc1ccc(NC(=O)[C@@H](C)OC(=O)CNC(=O)c2ccccc2)cc1. The quantitative estimate of drug-likeness (QED) is 0.740. The van der Waals surface area contributed by atoms with Crippen molar-refractivity contribution in [1.29, 1.82) is 0 Å². The number of anilines is 1. The zero-order chi connectivity index (χ0) is 18.9. The van der Waals surface area contributed by atoms with Crippen molar-refractivity contribution in [1.82, 2.24) is 5.32 Å². The fourth-order valence-electron chi connectivity index (χ4n) is 2.05. The van der Waals surface area contributed by atoms with Gasteiger partial charge in [0, 0.05) is 11.3 Å². The Morgan fingerprint density at radius 3 is 2.27 bits per heavy atom. The Balaban J connectivity index is 1.78. The van der Waals surface area contributed by atoms with Crippen LogP contribution in [0, 0.1) is 0 Å². The largest absolute Gasteiger partial charge is 0.497 e. The molecule has 0 saturated heterocycles. The summed E-state index contributed by atoms with van der Waals surface area (Å²) in [6, 6.07) is 15.2. The number of carbonyl (C=O) groups excluding carboxylic acids is 3. The standard InChI is InChI=1S/C19H20N2O5/c1-13(18(23)21-15-8-10-16(25-2)11-9-15)26-17(22)12-20-19(24)14-6-4-3-5-7-14/h3-11,13H,12H2,1-2H3,(H,20,24)(H,21,23)/t13-/m1/s1. The number of ether oxygens (including phenoxy) is 2. The van der Waals surface area contributed by atoms with Crippen molar-refractivity contribution >= 4 is 23.5 Å². The average molecular weight is 356 g/mol. The molecular formula is C19H20N2O5. The molecule has 7 heteroatoms. The van der Waals surface area contributed by atoms with Crippen LogP contribution in [0.4, 0.5) is 5.69 Å². The minimum absolute atomic E-state index is 0.326. The smallest absolute Gasteiger partial charge is 0.326 e. The van der Waals surface area contributed by atoms with Crippen LogP contribution in [0.25, 0.3) is 0 Å². The van der Waals surface area contributed by atoms with Crippen LogP contribution in [0.15, 0.2) is 54.6 Å². The number of amides is 2. The van der Waals surface area contributed by atoms with E-state index in [0.29, 0.717) is 17.0 Å². The van der Waals surface area contributed by atoms with Gasteiger partial charge in [0.2, 0.25) is 0 Å². The molecule has 2 aromatic rings. The van der Waals surface area contributed by atoms with Gasteiger partial charge in [-0.2, -0.15) is 0 Å². The van der Waals surface area contributed by atoms with E-state index in [9.17, 15) is 14.4 Å². The van der Waals surface area contributed by atoms with Crippen LogP contribution < -0.4 is 15.4 Å². The highest BCUT2D eigenvalue weighted by atomic mass is 16.5. The maximum Gasteiger partial charge on any atom is 0.326 e. The fraction of sp³-hybridized carbons (Fsp3) is 0.211. The molecule has 2 amide bonds. The first kappa shape index (κ1) is 19.0. The Hall–Kier alpha value is -3.35. The van der Waals surface area contributed by atoms with Crippen molar-refractivity contribution in [2.75, 3.05) is 19.0 Å². The van der Waals surface area contributed by atoms with E-state index in [0.717, 1.165) is 0 Å². The number of benzene rings is 2. The maximum absolute atomic E-state index is 12.1. The lowest BCUT2D eigenvalue weighted by Gasteiger charge is -2.14. The molecule has 2 aromatic carbocycles. The van der Waals surface area contributed by atoms with Crippen LogP contribution in [-0.2, 0) is 14.3 Å². The summed E-state index contributed by atoms with van der Waals surface area (Å²) in [6.45, 7) is 1.13. The molecule has 0 heterocycles. The Kier molecular flexibility index (Phi) is 6.73. The van der Waals surface area contributed by atoms with Gasteiger partial charge in [-0.15, -0.1) is 0 Å². The summed E-state index contributed by atoms with van der Waals surface area (Å²) in [6.07, 6.45) is -1.00. The molecule has 0 aliphatic heterocycles. The minimum Gasteiger partial charge on any atom is -0.497 e. The van der Waals surface area contributed by atoms with Gasteiger partial charge in [0.25, 0.3) is 11.8 Å². The van der Waals surface area contributed by atoms with Gasteiger partial charge < -0.3 is 20.1 Å². The monoisotopic (exact) mass is 356 g/mol. The molecule has 0 spiro atoms. The van der Waals surface area contributed by atoms with Crippen molar-refractivity contribution in [3.8, 4) is 5.75 Å². The van der Waals surface area contributed by atoms with Crippen molar-refractivity contribution in [3.63, 3.8) is 0 Å². The lowest BCUT2D eigenvalue weighted by Crippen LogP contribution is -2.35. The van der Waals surface area contributed by atoms with Crippen LogP contribution in [0.3, 0.4) is 0 Å². The van der Waals surface area contributed by atoms with Crippen LogP contribution in [0.1, 0.15) is 17.3 Å². The van der Waals surface area contributed by atoms with Crippen molar-refractivity contribution in [2.45, 2.75) is 13.0 Å². The van der Waals surface area contributed by atoms with Gasteiger partial charge in [-0.05, 0) is 43.3 Å². The molecule has 0 saturated carbocycles. The molecule has 0 bridgehead atoms. The zero-order valence-electron chi connectivity index (χ0n) is 14.5. The molecule has 0 aliphatic carbocycles. The number of hydrogen-bond acceptors (Lipinski definition) is 5. The fourth-order valence-corrected chi connectivity index (χ4v) is 2.05. The topological polar surface area (TPSA) is 93.7 Å². The highest BCUT2D eigenvalue weighted by Crippen LogP contribution is 2.15. The first-order valence-corrected chi connectivity index (χ1v) is 7.97. The first-order chi connectivity index (χ1) is 12.5. The molecule has 136 valence electrons. The second-order valence-corrected chi connectivity index (χ2v) is 5.40. The number of esters is 1. The third-order valence-corrected chi connectivity index (χ3v) is 3.46. The summed E-state index contributed by atoms with van der Waals surface area (Å²) in [5, 5.41) is 5.08. The van der Waals surface area contributed by atoms with E-state index >= 15 is 0 Å². The van der Waals surface area contributed by atoms with Crippen molar-refractivity contribution < 1.29 is 23.9 Å². The highest BCUT2D eigenvalue weighted by Gasteiger charge is 2.18. The molecule has 2 rings (SSSR count). The molecule has 0 aromatic heterocycles.